The van der Waals surface area contributed by atoms with Crippen molar-refractivity contribution in [2.75, 3.05) is 49.3 Å². The number of benzene rings is 2. The molecule has 14 heteroatoms. The lowest BCUT2D eigenvalue weighted by atomic mass is 10.0. The molecule has 0 saturated carbocycles. The topological polar surface area (TPSA) is 158 Å². The highest BCUT2D eigenvalue weighted by atomic mass is 19.1. The Morgan fingerprint density at radius 2 is 1.78 bits per heavy atom. The van der Waals surface area contributed by atoms with Gasteiger partial charge in [0.25, 0.3) is 5.91 Å². The Labute approximate surface area is 286 Å². The van der Waals surface area contributed by atoms with Crippen LogP contribution >= 0.6 is 0 Å². The summed E-state index contributed by atoms with van der Waals surface area (Å²) in [4.78, 5) is 43.4. The summed E-state index contributed by atoms with van der Waals surface area (Å²) < 4.78 is 31.1. The van der Waals surface area contributed by atoms with Gasteiger partial charge in [0, 0.05) is 44.0 Å². The van der Waals surface area contributed by atoms with Crippen molar-refractivity contribution in [3.8, 4) is 5.75 Å². The van der Waals surface area contributed by atoms with E-state index in [1.165, 1.54) is 29.2 Å². The molecule has 0 saturated heterocycles. The van der Waals surface area contributed by atoms with E-state index in [1.807, 2.05) is 13.8 Å². The minimum Gasteiger partial charge on any atom is -0.490 e. The molecule has 4 atom stereocenters. The number of likely N-dealkylation sites (N-methyl/N-ethyl adjacent to an activating group) is 1. The number of halogens is 1. The highest BCUT2D eigenvalue weighted by molar-refractivity contribution is 6.02. The van der Waals surface area contributed by atoms with E-state index < -0.39 is 29.9 Å². The molecule has 1 aliphatic rings. The van der Waals surface area contributed by atoms with Crippen molar-refractivity contribution in [2.24, 2.45) is 5.92 Å². The lowest BCUT2D eigenvalue weighted by Gasteiger charge is -2.35. The largest absolute Gasteiger partial charge is 0.490 e. The Balaban J connectivity index is 1.58. The molecular weight excluding hydrogens is 635 g/mol. The number of aromatic nitrogens is 1. The number of rotatable bonds is 7. The van der Waals surface area contributed by atoms with E-state index in [1.54, 1.807) is 50.9 Å². The summed E-state index contributed by atoms with van der Waals surface area (Å²) in [5.74, 6) is -0.242. The van der Waals surface area contributed by atoms with Crippen LogP contribution in [0.2, 0.25) is 0 Å². The highest BCUT2D eigenvalue weighted by Gasteiger charge is 2.31. The molecule has 2 heterocycles. The van der Waals surface area contributed by atoms with Crippen molar-refractivity contribution in [2.45, 2.75) is 72.1 Å². The standard InChI is InChI=1S/C35H47FN6O7/c1-21-18-42(22(2)20-43)33(44)29-17-28(38-34(45)37-27-12-10-26(36)11-13-27)14-15-30(29)48-23(3)9-7-8-16-47-31(21)19-41(6)35(46)39-32-24(4)40-49-25(32)5/h10-15,17,21-23,31,43H,7-9,16,18-20H2,1-6H3,(H,39,46)(H2,37,38,45)/t21-,22+,23-,31-/m1/s1. The first-order chi connectivity index (χ1) is 23.4. The first kappa shape index (κ1) is 37.1. The number of amides is 5. The summed E-state index contributed by atoms with van der Waals surface area (Å²) in [7, 11) is 1.67. The third-order valence-electron chi connectivity index (χ3n) is 8.48. The summed E-state index contributed by atoms with van der Waals surface area (Å²) in [6.07, 6.45) is 1.60. The Hall–Kier alpha value is -4.69. The van der Waals surface area contributed by atoms with Crippen LogP contribution in [0.5, 0.6) is 5.75 Å². The fourth-order valence-corrected chi connectivity index (χ4v) is 5.51. The molecule has 4 rings (SSSR count). The summed E-state index contributed by atoms with van der Waals surface area (Å²) >= 11 is 0. The van der Waals surface area contributed by atoms with Gasteiger partial charge < -0.3 is 44.9 Å². The van der Waals surface area contributed by atoms with Gasteiger partial charge in [0.1, 0.15) is 22.9 Å². The molecule has 0 radical (unpaired) electrons. The van der Waals surface area contributed by atoms with Crippen LogP contribution in [0.25, 0.3) is 0 Å². The number of nitrogens with zero attached hydrogens (tertiary/aromatic N) is 3. The Morgan fingerprint density at radius 1 is 1.08 bits per heavy atom. The van der Waals surface area contributed by atoms with Crippen LogP contribution in [-0.2, 0) is 4.74 Å². The van der Waals surface area contributed by atoms with E-state index in [2.05, 4.69) is 21.1 Å². The van der Waals surface area contributed by atoms with Crippen LogP contribution in [-0.4, -0.2) is 89.6 Å². The molecule has 266 valence electrons. The van der Waals surface area contributed by atoms with Gasteiger partial charge in [-0.05, 0) is 89.4 Å². The second-order valence-corrected chi connectivity index (χ2v) is 12.6. The van der Waals surface area contributed by atoms with Gasteiger partial charge >= 0.3 is 12.1 Å². The van der Waals surface area contributed by atoms with E-state index in [0.29, 0.717) is 47.3 Å². The minimum atomic E-state index is -0.578. The predicted molar refractivity (Wildman–Crippen MR) is 184 cm³/mol. The Morgan fingerprint density at radius 3 is 2.45 bits per heavy atom. The van der Waals surface area contributed by atoms with Crippen molar-refractivity contribution in [1.29, 1.82) is 0 Å². The van der Waals surface area contributed by atoms with Crippen molar-refractivity contribution >= 4 is 35.0 Å². The van der Waals surface area contributed by atoms with E-state index in [-0.39, 0.29) is 43.3 Å². The number of hydrogen-bond donors (Lipinski definition) is 4. The Kier molecular flexibility index (Phi) is 13.0. The van der Waals surface area contributed by atoms with Crippen LogP contribution < -0.4 is 20.7 Å². The predicted octanol–water partition coefficient (Wildman–Crippen LogP) is 6.03. The summed E-state index contributed by atoms with van der Waals surface area (Å²) in [6.45, 7) is 9.67. The molecule has 0 unspecified atom stereocenters. The number of nitrogens with one attached hydrogen (secondary N) is 3. The lowest BCUT2D eigenvalue weighted by Crippen LogP contribution is -2.48. The number of ether oxygens (including phenoxy) is 2. The van der Waals surface area contributed by atoms with Gasteiger partial charge in [0.2, 0.25) is 0 Å². The van der Waals surface area contributed by atoms with Gasteiger partial charge in [-0.3, -0.25) is 4.79 Å². The van der Waals surface area contributed by atoms with Crippen LogP contribution in [0.4, 0.5) is 31.0 Å². The lowest BCUT2D eigenvalue weighted by molar-refractivity contribution is -0.0115. The third kappa shape index (κ3) is 10.2. The first-order valence-corrected chi connectivity index (χ1v) is 16.5. The molecule has 4 N–H and O–H groups in total. The molecule has 0 fully saturated rings. The van der Waals surface area contributed by atoms with E-state index in [0.717, 1.165) is 12.8 Å². The Bertz CT molecular complexity index is 1560. The van der Waals surface area contributed by atoms with E-state index in [4.69, 9.17) is 14.0 Å². The van der Waals surface area contributed by atoms with Gasteiger partial charge in [-0.1, -0.05) is 12.1 Å². The molecule has 13 nitrogen and oxygen atoms in total. The maximum atomic E-state index is 14.3. The summed E-state index contributed by atoms with van der Waals surface area (Å²) in [6, 6.07) is 8.67. The smallest absolute Gasteiger partial charge is 0.323 e. The fraction of sp³-hybridized carbons (Fsp3) is 0.486. The van der Waals surface area contributed by atoms with E-state index >= 15 is 0 Å². The molecule has 0 spiro atoms. The molecule has 0 bridgehead atoms. The molecule has 2 aromatic carbocycles. The zero-order chi connectivity index (χ0) is 35.7. The SMILES string of the molecule is Cc1noc(C)c1NC(=O)N(C)C[C@H]1OCCCC[C@@H](C)Oc2ccc(NC(=O)Nc3ccc(F)cc3)cc2C(=O)N([C@@H](C)CO)C[C@H]1C. The minimum absolute atomic E-state index is 0.197. The molecule has 49 heavy (non-hydrogen) atoms. The zero-order valence-electron chi connectivity index (χ0n) is 28.9. The average Bonchev–Trinajstić information content (AvgIpc) is 3.39. The molecule has 3 aromatic rings. The molecule has 5 amide bonds. The van der Waals surface area contributed by atoms with Crippen molar-refractivity contribution in [3.63, 3.8) is 0 Å². The van der Waals surface area contributed by atoms with Crippen molar-refractivity contribution < 1.29 is 37.9 Å². The third-order valence-corrected chi connectivity index (χ3v) is 8.48. The molecule has 1 aliphatic heterocycles. The average molecular weight is 683 g/mol. The number of aliphatic hydroxyl groups is 1. The summed E-state index contributed by atoms with van der Waals surface area (Å²) in [5, 5.41) is 22.3. The second kappa shape index (κ2) is 17.1. The maximum Gasteiger partial charge on any atom is 0.323 e. The van der Waals surface area contributed by atoms with Gasteiger partial charge in [-0.25, -0.2) is 14.0 Å². The molecule has 1 aromatic heterocycles. The summed E-state index contributed by atoms with van der Waals surface area (Å²) in [5.41, 5.74) is 2.03. The normalized spacial score (nSPS) is 19.6. The number of anilines is 3. The maximum absolute atomic E-state index is 14.3. The number of urea groups is 2. The second-order valence-electron chi connectivity index (χ2n) is 12.6. The molecular formula is C35H47FN6O7. The van der Waals surface area contributed by atoms with Gasteiger partial charge in [-0.2, -0.15) is 0 Å². The first-order valence-electron chi connectivity index (χ1n) is 16.5. The van der Waals surface area contributed by atoms with Gasteiger partial charge in [0.15, 0.2) is 5.76 Å². The van der Waals surface area contributed by atoms with Crippen LogP contribution in [0.15, 0.2) is 47.0 Å². The van der Waals surface area contributed by atoms with Crippen LogP contribution in [0.3, 0.4) is 0 Å². The van der Waals surface area contributed by atoms with Crippen molar-refractivity contribution in [3.05, 3.63) is 65.3 Å². The number of aryl methyl sites for hydroxylation is 2. The van der Waals surface area contributed by atoms with E-state index in [9.17, 15) is 23.9 Å². The number of carbonyl (C=O) groups excluding carboxylic acids is 3. The zero-order valence-corrected chi connectivity index (χ0v) is 28.9. The highest BCUT2D eigenvalue weighted by Crippen LogP contribution is 2.29. The van der Waals surface area contributed by atoms with Crippen LogP contribution in [0, 0.1) is 25.6 Å². The number of carbonyl (C=O) groups is 3. The van der Waals surface area contributed by atoms with Crippen LogP contribution in [0.1, 0.15) is 61.8 Å². The van der Waals surface area contributed by atoms with Crippen molar-refractivity contribution in [1.82, 2.24) is 15.0 Å². The number of hydrogen-bond acceptors (Lipinski definition) is 8. The fourth-order valence-electron chi connectivity index (χ4n) is 5.51. The monoisotopic (exact) mass is 682 g/mol. The molecule has 0 aliphatic carbocycles. The number of fused-ring (bicyclic) bond motifs is 1. The quantitative estimate of drug-likeness (QED) is 0.235. The van der Waals surface area contributed by atoms with Gasteiger partial charge in [-0.15, -0.1) is 0 Å². The van der Waals surface area contributed by atoms with Gasteiger partial charge in [0.05, 0.1) is 30.4 Å². The number of aliphatic hydroxyl groups excluding tert-OH is 1.